The van der Waals surface area contributed by atoms with E-state index in [0.717, 1.165) is 35.7 Å². The summed E-state index contributed by atoms with van der Waals surface area (Å²) in [6.07, 6.45) is 18.0. The molecule has 172 valence electrons. The predicted octanol–water partition coefficient (Wildman–Crippen LogP) is 7.98. The Balaban J connectivity index is 1.39. The molecule has 2 nitrogen and oxygen atoms in total. The number of benzene rings is 2. The van der Waals surface area contributed by atoms with E-state index >= 15 is 0 Å². The van der Waals surface area contributed by atoms with Crippen molar-refractivity contribution in [2.45, 2.75) is 62.5 Å². The minimum absolute atomic E-state index is 0.0767. The molecule has 1 heterocycles. The molecule has 7 rings (SSSR count). The van der Waals surface area contributed by atoms with E-state index in [1.54, 1.807) is 5.57 Å². The van der Waals surface area contributed by atoms with Crippen LogP contribution in [0.3, 0.4) is 0 Å². The zero-order valence-electron chi connectivity index (χ0n) is 19.4. The molecule has 3 heteroatoms. The molecule has 0 bridgehead atoms. The summed E-state index contributed by atoms with van der Waals surface area (Å²) in [7, 11) is 0. The van der Waals surface area contributed by atoms with E-state index in [4.69, 9.17) is 16.3 Å². The zero-order chi connectivity index (χ0) is 22.7. The Kier molecular flexibility index (Phi) is 4.81. The summed E-state index contributed by atoms with van der Waals surface area (Å²) in [6.45, 7) is 0. The van der Waals surface area contributed by atoms with E-state index in [1.807, 2.05) is 18.2 Å². The van der Waals surface area contributed by atoms with E-state index in [-0.39, 0.29) is 11.5 Å². The molecule has 2 aromatic rings. The van der Waals surface area contributed by atoms with Crippen LogP contribution in [0.2, 0.25) is 5.02 Å². The second-order valence-electron chi connectivity index (χ2n) is 10.4. The number of nitrogens with one attached hydrogen (secondary N) is 1. The molecule has 1 saturated carbocycles. The third kappa shape index (κ3) is 2.88. The molecule has 0 amide bonds. The Hall–Kier alpha value is -2.71. The van der Waals surface area contributed by atoms with Gasteiger partial charge >= 0.3 is 0 Å². The van der Waals surface area contributed by atoms with Crippen molar-refractivity contribution < 1.29 is 4.74 Å². The van der Waals surface area contributed by atoms with Crippen LogP contribution in [0.5, 0.6) is 0 Å². The highest BCUT2D eigenvalue weighted by atomic mass is 35.5. The van der Waals surface area contributed by atoms with Crippen LogP contribution in [-0.4, -0.2) is 12.1 Å². The number of hydrogen-bond acceptors (Lipinski definition) is 2. The molecular formula is C31H30ClNO. The topological polar surface area (TPSA) is 21.3 Å². The Morgan fingerprint density at radius 3 is 2.71 bits per heavy atom. The number of allylic oxidation sites excluding steroid dienone is 5. The zero-order valence-corrected chi connectivity index (χ0v) is 20.2. The first kappa shape index (κ1) is 20.6. The number of ether oxygens (including phenoxy) is 1. The molecule has 1 N–H and O–H groups in total. The fourth-order valence-corrected chi connectivity index (χ4v) is 7.58. The van der Waals surface area contributed by atoms with Gasteiger partial charge in [0.25, 0.3) is 0 Å². The highest BCUT2D eigenvalue weighted by molar-refractivity contribution is 6.33. The van der Waals surface area contributed by atoms with Crippen molar-refractivity contribution in [2.24, 2.45) is 5.92 Å². The van der Waals surface area contributed by atoms with Gasteiger partial charge in [-0.2, -0.15) is 0 Å². The maximum Gasteiger partial charge on any atom is 0.119 e. The van der Waals surface area contributed by atoms with E-state index in [1.165, 1.54) is 48.0 Å². The third-order valence-corrected chi connectivity index (χ3v) is 8.98. The lowest BCUT2D eigenvalue weighted by Gasteiger charge is -2.53. The second-order valence-corrected chi connectivity index (χ2v) is 10.8. The third-order valence-electron chi connectivity index (χ3n) is 8.65. The Bertz CT molecular complexity index is 1280. The van der Waals surface area contributed by atoms with Crippen LogP contribution in [0.15, 0.2) is 89.7 Å². The van der Waals surface area contributed by atoms with Crippen LogP contribution in [0, 0.1) is 5.92 Å². The maximum atomic E-state index is 6.73. The SMILES string of the molecule is Clc1ccccc1NC1C=CC2=C(C1)C1(C3=CCCC=C3OC3CCCCC31)c1ccccc12. The summed E-state index contributed by atoms with van der Waals surface area (Å²) >= 11 is 6.52. The van der Waals surface area contributed by atoms with E-state index in [0.29, 0.717) is 12.0 Å². The fourth-order valence-electron chi connectivity index (χ4n) is 7.38. The van der Waals surface area contributed by atoms with E-state index < -0.39 is 0 Å². The van der Waals surface area contributed by atoms with Crippen molar-refractivity contribution in [2.75, 3.05) is 5.32 Å². The molecule has 0 radical (unpaired) electrons. The largest absolute Gasteiger partial charge is 0.490 e. The van der Waals surface area contributed by atoms with Crippen LogP contribution in [-0.2, 0) is 10.2 Å². The predicted molar refractivity (Wildman–Crippen MR) is 140 cm³/mol. The summed E-state index contributed by atoms with van der Waals surface area (Å²) in [5, 5.41) is 4.51. The van der Waals surface area contributed by atoms with Gasteiger partial charge < -0.3 is 10.1 Å². The number of para-hydroxylation sites is 1. The van der Waals surface area contributed by atoms with Crippen molar-refractivity contribution in [3.63, 3.8) is 0 Å². The lowest BCUT2D eigenvalue weighted by Crippen LogP contribution is -2.51. The number of fused-ring (bicyclic) bond motifs is 8. The summed E-state index contributed by atoms with van der Waals surface area (Å²) in [6, 6.07) is 17.5. The first-order valence-corrected chi connectivity index (χ1v) is 13.2. The van der Waals surface area contributed by atoms with Crippen molar-refractivity contribution in [3.8, 4) is 0 Å². The molecule has 4 aliphatic carbocycles. The first-order valence-electron chi connectivity index (χ1n) is 12.9. The summed E-state index contributed by atoms with van der Waals surface area (Å²) < 4.78 is 6.73. The monoisotopic (exact) mass is 467 g/mol. The normalized spacial score (nSPS) is 31.0. The Labute approximate surface area is 207 Å². The van der Waals surface area contributed by atoms with Crippen LogP contribution in [0.1, 0.15) is 56.1 Å². The van der Waals surface area contributed by atoms with Gasteiger partial charge in [0.2, 0.25) is 0 Å². The van der Waals surface area contributed by atoms with Crippen LogP contribution >= 0.6 is 11.6 Å². The average Bonchev–Trinajstić information content (AvgIpc) is 3.16. The lowest BCUT2D eigenvalue weighted by atomic mass is 9.55. The van der Waals surface area contributed by atoms with Crippen molar-refractivity contribution in [1.82, 2.24) is 0 Å². The lowest BCUT2D eigenvalue weighted by molar-refractivity contribution is -0.0143. The van der Waals surface area contributed by atoms with Gasteiger partial charge in [-0.25, -0.2) is 0 Å². The van der Waals surface area contributed by atoms with Gasteiger partial charge in [0.05, 0.1) is 16.1 Å². The first-order chi connectivity index (χ1) is 16.8. The molecule has 2 fully saturated rings. The van der Waals surface area contributed by atoms with Gasteiger partial charge in [-0.3, -0.25) is 0 Å². The minimum atomic E-state index is -0.0767. The highest BCUT2D eigenvalue weighted by Gasteiger charge is 2.59. The van der Waals surface area contributed by atoms with E-state index in [9.17, 15) is 0 Å². The maximum absolute atomic E-state index is 6.73. The number of hydrogen-bond donors (Lipinski definition) is 1. The van der Waals surface area contributed by atoms with Crippen LogP contribution in [0.4, 0.5) is 5.69 Å². The minimum Gasteiger partial charge on any atom is -0.490 e. The molecule has 1 saturated heterocycles. The van der Waals surface area contributed by atoms with Crippen molar-refractivity contribution in [1.29, 1.82) is 0 Å². The highest BCUT2D eigenvalue weighted by Crippen LogP contribution is 2.64. The Morgan fingerprint density at radius 2 is 1.76 bits per heavy atom. The standard InChI is InChI=1S/C31H30ClNO/c32-27-13-5-6-14-28(27)33-20-17-18-22-21-9-1-2-10-23(21)31(26(22)19-20)24-11-3-7-15-29(24)34-30-16-8-4-12-25(30)31/h1-2,5-6,9-11,13-15,17-18,20,25,30,33H,3-4,7-8,12,16,19H2. The number of halogens is 1. The summed E-state index contributed by atoms with van der Waals surface area (Å²) in [5.74, 6) is 1.65. The Morgan fingerprint density at radius 1 is 0.941 bits per heavy atom. The van der Waals surface area contributed by atoms with Gasteiger partial charge in [-0.15, -0.1) is 0 Å². The van der Waals surface area contributed by atoms with Gasteiger partial charge in [-0.05, 0) is 79.0 Å². The van der Waals surface area contributed by atoms with Crippen LogP contribution in [0.25, 0.3) is 5.57 Å². The van der Waals surface area contributed by atoms with Crippen molar-refractivity contribution >= 4 is 22.9 Å². The molecule has 1 aliphatic heterocycles. The van der Waals surface area contributed by atoms with Gasteiger partial charge in [0.1, 0.15) is 11.9 Å². The summed E-state index contributed by atoms with van der Waals surface area (Å²) in [4.78, 5) is 0. The molecule has 4 atom stereocenters. The molecule has 5 aliphatic rings. The van der Waals surface area contributed by atoms with Gasteiger partial charge in [0.15, 0.2) is 0 Å². The molecule has 0 aromatic heterocycles. The molecule has 1 spiro atoms. The van der Waals surface area contributed by atoms with E-state index in [2.05, 4.69) is 60.0 Å². The molecule has 4 unspecified atom stereocenters. The molecule has 2 aromatic carbocycles. The quantitative estimate of drug-likeness (QED) is 0.483. The number of anilines is 1. The van der Waals surface area contributed by atoms with Crippen molar-refractivity contribution in [3.05, 3.63) is 106 Å². The van der Waals surface area contributed by atoms with Gasteiger partial charge in [-0.1, -0.05) is 72.6 Å². The van der Waals surface area contributed by atoms with Crippen LogP contribution < -0.4 is 5.32 Å². The van der Waals surface area contributed by atoms with Gasteiger partial charge in [0, 0.05) is 17.5 Å². The molecular weight excluding hydrogens is 438 g/mol. The average molecular weight is 468 g/mol. The summed E-state index contributed by atoms with van der Waals surface area (Å²) in [5.41, 5.74) is 8.31. The number of rotatable bonds is 2. The second kappa shape index (κ2) is 7.92. The molecule has 34 heavy (non-hydrogen) atoms. The smallest absolute Gasteiger partial charge is 0.119 e. The fraction of sp³-hybridized carbons (Fsp3) is 0.355.